The first-order valence-corrected chi connectivity index (χ1v) is 10.5. The Hall–Kier alpha value is -3.00. The molecule has 4 aromatic rings. The second kappa shape index (κ2) is 6.81. The van der Waals surface area contributed by atoms with Crippen LogP contribution >= 0.6 is 11.3 Å². The van der Waals surface area contributed by atoms with Crippen LogP contribution in [0, 0.1) is 5.92 Å². The molecule has 7 nitrogen and oxygen atoms in total. The summed E-state index contributed by atoms with van der Waals surface area (Å²) in [5.74, 6) is 0.471. The first-order chi connectivity index (χ1) is 14.0. The number of rotatable bonds is 3. The van der Waals surface area contributed by atoms with E-state index in [0.717, 1.165) is 35.2 Å². The zero-order chi connectivity index (χ0) is 20.1. The number of benzene rings is 1. The Kier molecular flexibility index (Phi) is 4.24. The van der Waals surface area contributed by atoms with Crippen LogP contribution in [-0.2, 0) is 24.2 Å². The molecule has 29 heavy (non-hydrogen) atoms. The number of hydrogen-bond donors (Lipinski definition) is 0. The summed E-state index contributed by atoms with van der Waals surface area (Å²) < 4.78 is 2.99. The molecule has 1 amide bonds. The highest BCUT2D eigenvalue weighted by molar-refractivity contribution is 7.19. The lowest BCUT2D eigenvalue weighted by atomic mass is 9.89. The number of aromatic nitrogens is 4. The molecule has 1 atom stereocenters. The van der Waals surface area contributed by atoms with Gasteiger partial charge in [-0.15, -0.1) is 11.3 Å². The number of hydrogen-bond acceptors (Lipinski definition) is 5. The lowest BCUT2D eigenvalue weighted by Gasteiger charge is -2.18. The molecule has 1 aliphatic carbocycles. The van der Waals surface area contributed by atoms with Crippen molar-refractivity contribution in [2.24, 2.45) is 5.92 Å². The van der Waals surface area contributed by atoms with Crippen LogP contribution in [-0.4, -0.2) is 32.1 Å². The first kappa shape index (κ1) is 18.1. The summed E-state index contributed by atoms with van der Waals surface area (Å²) in [7, 11) is 1.71. The SMILES string of the molecule is C[C@H]1CCc2c(sc3ncn4c(nc(=O)n4CC(=O)N(C)c4ccccc4)c23)C1. The molecule has 0 spiro atoms. The molecule has 0 N–H and O–H groups in total. The smallest absolute Gasteiger partial charge is 0.314 e. The third-order valence-corrected chi connectivity index (χ3v) is 6.87. The predicted octanol–water partition coefficient (Wildman–Crippen LogP) is 2.89. The van der Waals surface area contributed by atoms with E-state index in [-0.39, 0.29) is 12.5 Å². The van der Waals surface area contributed by atoms with E-state index < -0.39 is 5.69 Å². The zero-order valence-corrected chi connectivity index (χ0v) is 17.1. The molecule has 0 bridgehead atoms. The van der Waals surface area contributed by atoms with Crippen molar-refractivity contribution < 1.29 is 4.79 Å². The molecular formula is C21H21N5O2S. The summed E-state index contributed by atoms with van der Waals surface area (Å²) in [6, 6.07) is 9.37. The second-order valence-corrected chi connectivity index (χ2v) is 8.77. The maximum atomic E-state index is 12.8. The van der Waals surface area contributed by atoms with E-state index in [9.17, 15) is 9.59 Å². The van der Waals surface area contributed by atoms with Crippen molar-refractivity contribution in [2.75, 3.05) is 11.9 Å². The molecule has 3 aromatic heterocycles. The van der Waals surface area contributed by atoms with E-state index in [1.54, 1.807) is 34.1 Å². The van der Waals surface area contributed by atoms with E-state index in [1.807, 2.05) is 30.3 Å². The Bertz CT molecular complexity index is 1290. The largest absolute Gasteiger partial charge is 0.365 e. The normalized spacial score (nSPS) is 16.3. The fraction of sp³-hybridized carbons (Fsp3) is 0.333. The number of carbonyl (C=O) groups excluding carboxylic acids is 1. The number of para-hydroxylation sites is 1. The molecule has 0 unspecified atom stereocenters. The quantitative estimate of drug-likeness (QED) is 0.524. The Morgan fingerprint density at radius 3 is 2.90 bits per heavy atom. The van der Waals surface area contributed by atoms with Crippen LogP contribution in [0.2, 0.25) is 0 Å². The molecule has 148 valence electrons. The third kappa shape index (κ3) is 2.95. The number of nitrogens with zero attached hydrogens (tertiary/aromatic N) is 5. The Morgan fingerprint density at radius 1 is 1.31 bits per heavy atom. The molecule has 0 saturated carbocycles. The maximum absolute atomic E-state index is 12.8. The van der Waals surface area contributed by atoms with Gasteiger partial charge >= 0.3 is 5.69 Å². The Labute approximate surface area is 171 Å². The van der Waals surface area contributed by atoms with Crippen LogP contribution in [0.1, 0.15) is 23.8 Å². The van der Waals surface area contributed by atoms with E-state index >= 15 is 0 Å². The second-order valence-electron chi connectivity index (χ2n) is 7.68. The van der Waals surface area contributed by atoms with Crippen LogP contribution in [0.25, 0.3) is 15.9 Å². The van der Waals surface area contributed by atoms with Crippen molar-refractivity contribution in [3.8, 4) is 0 Å². The molecular weight excluding hydrogens is 386 g/mol. The molecule has 0 aliphatic heterocycles. The number of anilines is 1. The number of aryl methyl sites for hydroxylation is 1. The van der Waals surface area contributed by atoms with Crippen LogP contribution in [0.15, 0.2) is 41.5 Å². The molecule has 5 rings (SSSR count). The molecule has 8 heteroatoms. The van der Waals surface area contributed by atoms with Gasteiger partial charge in [-0.3, -0.25) is 4.79 Å². The van der Waals surface area contributed by atoms with Crippen LogP contribution in [0.3, 0.4) is 0 Å². The third-order valence-electron chi connectivity index (χ3n) is 5.70. The number of fused-ring (bicyclic) bond motifs is 5. The van der Waals surface area contributed by atoms with Crippen molar-refractivity contribution in [1.82, 2.24) is 19.2 Å². The van der Waals surface area contributed by atoms with E-state index in [0.29, 0.717) is 11.6 Å². The van der Waals surface area contributed by atoms with Gasteiger partial charge in [-0.2, -0.15) is 4.98 Å². The highest BCUT2D eigenvalue weighted by atomic mass is 32.1. The molecule has 0 fully saturated rings. The summed E-state index contributed by atoms with van der Waals surface area (Å²) >= 11 is 1.70. The topological polar surface area (TPSA) is 72.5 Å². The van der Waals surface area contributed by atoms with Gasteiger partial charge in [0, 0.05) is 17.6 Å². The Morgan fingerprint density at radius 2 is 2.10 bits per heavy atom. The summed E-state index contributed by atoms with van der Waals surface area (Å²) in [6.07, 6.45) is 4.76. The predicted molar refractivity (Wildman–Crippen MR) is 114 cm³/mol. The molecule has 0 radical (unpaired) electrons. The standard InChI is InChI=1S/C21H21N5O2S/c1-13-8-9-15-16(10-13)29-20-18(15)19-23-21(28)25(26(19)12-22-20)11-17(27)24(2)14-6-4-3-5-7-14/h3-7,12-13H,8-11H2,1-2H3/t13-/m0/s1. The van der Waals surface area contributed by atoms with Gasteiger partial charge in [0.2, 0.25) is 5.91 Å². The minimum atomic E-state index is -0.432. The fourth-order valence-corrected chi connectivity index (χ4v) is 5.38. The van der Waals surface area contributed by atoms with Crippen LogP contribution < -0.4 is 10.6 Å². The molecule has 3 heterocycles. The molecule has 0 saturated heterocycles. The van der Waals surface area contributed by atoms with Crippen LogP contribution in [0.4, 0.5) is 5.69 Å². The van der Waals surface area contributed by atoms with E-state index in [2.05, 4.69) is 16.9 Å². The maximum Gasteiger partial charge on any atom is 0.365 e. The lowest BCUT2D eigenvalue weighted by molar-refractivity contribution is -0.119. The minimum Gasteiger partial charge on any atom is -0.314 e. The number of likely N-dealkylation sites (N-methyl/N-ethyl adjacent to an activating group) is 1. The lowest BCUT2D eigenvalue weighted by Crippen LogP contribution is -2.34. The fourth-order valence-electron chi connectivity index (χ4n) is 4.03. The summed E-state index contributed by atoms with van der Waals surface area (Å²) in [5.41, 5.74) is 2.22. The average Bonchev–Trinajstić information content (AvgIpc) is 3.24. The van der Waals surface area contributed by atoms with Gasteiger partial charge in [0.25, 0.3) is 0 Å². The summed E-state index contributed by atoms with van der Waals surface area (Å²) in [5, 5.41) is 0.971. The number of thiophene rings is 1. The van der Waals surface area contributed by atoms with Crippen molar-refractivity contribution in [1.29, 1.82) is 0 Å². The monoisotopic (exact) mass is 407 g/mol. The van der Waals surface area contributed by atoms with Gasteiger partial charge < -0.3 is 4.90 Å². The highest BCUT2D eigenvalue weighted by Gasteiger charge is 2.24. The average molecular weight is 407 g/mol. The summed E-state index contributed by atoms with van der Waals surface area (Å²) in [4.78, 5) is 38.1. The Balaban J connectivity index is 1.57. The van der Waals surface area contributed by atoms with Gasteiger partial charge in [-0.05, 0) is 42.9 Å². The van der Waals surface area contributed by atoms with Crippen molar-refractivity contribution in [3.05, 3.63) is 57.6 Å². The van der Waals surface area contributed by atoms with Crippen LogP contribution in [0.5, 0.6) is 0 Å². The summed E-state index contributed by atoms with van der Waals surface area (Å²) in [6.45, 7) is 2.17. The van der Waals surface area contributed by atoms with Crippen molar-refractivity contribution >= 4 is 38.8 Å². The number of amides is 1. The number of carbonyl (C=O) groups is 1. The first-order valence-electron chi connectivity index (χ1n) is 9.73. The van der Waals surface area contributed by atoms with E-state index in [4.69, 9.17) is 0 Å². The van der Waals surface area contributed by atoms with Gasteiger partial charge in [0.15, 0.2) is 5.65 Å². The van der Waals surface area contributed by atoms with Gasteiger partial charge in [-0.25, -0.2) is 19.0 Å². The van der Waals surface area contributed by atoms with Gasteiger partial charge in [-0.1, -0.05) is 25.1 Å². The van der Waals surface area contributed by atoms with Crippen molar-refractivity contribution in [2.45, 2.75) is 32.7 Å². The van der Waals surface area contributed by atoms with Crippen molar-refractivity contribution in [3.63, 3.8) is 0 Å². The highest BCUT2D eigenvalue weighted by Crippen LogP contribution is 2.38. The van der Waals surface area contributed by atoms with Gasteiger partial charge in [0.1, 0.15) is 17.7 Å². The molecule has 1 aliphatic rings. The van der Waals surface area contributed by atoms with E-state index in [1.165, 1.54) is 15.1 Å². The minimum absolute atomic E-state index is 0.0953. The zero-order valence-electron chi connectivity index (χ0n) is 16.3. The molecule has 1 aromatic carbocycles. The van der Waals surface area contributed by atoms with Gasteiger partial charge in [0.05, 0.1) is 5.39 Å².